The Balaban J connectivity index is 1.46. The number of rotatable bonds is 4. The van der Waals surface area contributed by atoms with Crippen LogP contribution in [0.4, 0.5) is 5.82 Å². The van der Waals surface area contributed by atoms with E-state index in [2.05, 4.69) is 10.3 Å². The van der Waals surface area contributed by atoms with Crippen molar-refractivity contribution in [2.75, 3.05) is 11.4 Å². The molecule has 0 saturated carbocycles. The molecule has 2 aliphatic heterocycles. The first kappa shape index (κ1) is 19.8. The first-order valence-corrected chi connectivity index (χ1v) is 10.4. The lowest BCUT2D eigenvalue weighted by molar-refractivity contribution is 0.0950. The van der Waals surface area contributed by atoms with Crippen LogP contribution in [-0.2, 0) is 0 Å². The quantitative estimate of drug-likeness (QED) is 0.686. The number of fused-ring (bicyclic) bond motifs is 2. The predicted octanol–water partition coefficient (Wildman–Crippen LogP) is 4.05. The van der Waals surface area contributed by atoms with Crippen molar-refractivity contribution in [3.8, 4) is 5.75 Å². The number of hydrogen-bond donors (Lipinski definition) is 1. The van der Waals surface area contributed by atoms with Crippen molar-refractivity contribution < 1.29 is 14.3 Å². The molecular weight excluding hydrogens is 402 g/mol. The van der Waals surface area contributed by atoms with Gasteiger partial charge in [-0.2, -0.15) is 0 Å². The zero-order valence-electron chi connectivity index (χ0n) is 17.5. The van der Waals surface area contributed by atoms with Crippen LogP contribution in [0.15, 0.2) is 96.5 Å². The molecule has 0 bridgehead atoms. The van der Waals surface area contributed by atoms with E-state index < -0.39 is 6.10 Å². The van der Waals surface area contributed by atoms with Crippen LogP contribution in [0.3, 0.4) is 0 Å². The molecule has 3 heterocycles. The van der Waals surface area contributed by atoms with Gasteiger partial charge in [0.05, 0.1) is 17.7 Å². The number of para-hydroxylation sites is 1. The van der Waals surface area contributed by atoms with E-state index in [4.69, 9.17) is 4.74 Å². The fourth-order valence-electron chi connectivity index (χ4n) is 3.81. The molecule has 3 aromatic rings. The van der Waals surface area contributed by atoms with Crippen LogP contribution in [0.2, 0.25) is 0 Å². The van der Waals surface area contributed by atoms with Crippen LogP contribution < -0.4 is 15.0 Å². The van der Waals surface area contributed by atoms with Gasteiger partial charge in [-0.15, -0.1) is 0 Å². The molecule has 0 aliphatic carbocycles. The van der Waals surface area contributed by atoms with E-state index in [9.17, 15) is 9.59 Å². The third-order valence-electron chi connectivity index (χ3n) is 5.52. The summed E-state index contributed by atoms with van der Waals surface area (Å²) in [5.74, 6) is 0.968. The minimum absolute atomic E-state index is 0.0724. The van der Waals surface area contributed by atoms with Crippen molar-refractivity contribution in [3.05, 3.63) is 113 Å². The maximum atomic E-state index is 13.1. The Kier molecular flexibility index (Phi) is 5.03. The first-order valence-electron chi connectivity index (χ1n) is 10.4. The van der Waals surface area contributed by atoms with E-state index in [1.54, 1.807) is 36.7 Å². The number of aryl methyl sites for hydroxylation is 1. The zero-order valence-corrected chi connectivity index (χ0v) is 17.5. The van der Waals surface area contributed by atoms with Gasteiger partial charge in [0.2, 0.25) is 0 Å². The number of amides is 1. The number of aromatic nitrogens is 1. The van der Waals surface area contributed by atoms with Gasteiger partial charge in [-0.25, -0.2) is 4.98 Å². The average molecular weight is 423 g/mol. The monoisotopic (exact) mass is 423 g/mol. The number of Topliss-reactive ketones (excluding diaryl/α,β-unsaturated/α-hetero) is 1. The first-order chi connectivity index (χ1) is 15.6. The molecule has 1 atom stereocenters. The summed E-state index contributed by atoms with van der Waals surface area (Å²) >= 11 is 0. The van der Waals surface area contributed by atoms with Gasteiger partial charge in [0.15, 0.2) is 5.78 Å². The highest BCUT2D eigenvalue weighted by atomic mass is 16.5. The summed E-state index contributed by atoms with van der Waals surface area (Å²) < 4.78 is 6.10. The van der Waals surface area contributed by atoms with Gasteiger partial charge in [0.1, 0.15) is 17.7 Å². The number of ether oxygens (including phenoxy) is 1. The van der Waals surface area contributed by atoms with Crippen LogP contribution in [-0.4, -0.2) is 29.3 Å². The van der Waals surface area contributed by atoms with Gasteiger partial charge < -0.3 is 15.0 Å². The molecule has 0 radical (unpaired) electrons. The Morgan fingerprint density at radius 1 is 1.06 bits per heavy atom. The lowest BCUT2D eigenvalue weighted by Crippen LogP contribution is -2.39. The van der Waals surface area contributed by atoms with Gasteiger partial charge in [-0.1, -0.05) is 35.9 Å². The average Bonchev–Trinajstić information content (AvgIpc) is 2.83. The maximum Gasteiger partial charge on any atom is 0.251 e. The van der Waals surface area contributed by atoms with Crippen molar-refractivity contribution >= 4 is 17.5 Å². The van der Waals surface area contributed by atoms with Crippen LogP contribution in [0.25, 0.3) is 0 Å². The van der Waals surface area contributed by atoms with E-state index in [1.165, 1.54) is 0 Å². The lowest BCUT2D eigenvalue weighted by Gasteiger charge is -2.34. The standard InChI is InChI=1S/C26H21N3O3/c1-17-9-11-18(12-10-17)26(31)28-15-19-14-23-21(16-29(19)24-8-4-5-13-27-24)25(30)20-6-2-3-7-22(20)32-23/h2-14,16,23H,15H2,1H3,(H,28,31). The molecule has 6 heteroatoms. The smallest absolute Gasteiger partial charge is 0.251 e. The summed E-state index contributed by atoms with van der Waals surface area (Å²) in [6, 6.07) is 20.2. The molecule has 32 heavy (non-hydrogen) atoms. The number of ketones is 1. The Bertz CT molecular complexity index is 1250. The highest BCUT2D eigenvalue weighted by molar-refractivity contribution is 6.13. The zero-order chi connectivity index (χ0) is 22.1. The predicted molar refractivity (Wildman–Crippen MR) is 122 cm³/mol. The van der Waals surface area contributed by atoms with Crippen LogP contribution in [0.1, 0.15) is 26.3 Å². The van der Waals surface area contributed by atoms with E-state index >= 15 is 0 Å². The number of carbonyl (C=O) groups is 2. The molecule has 0 saturated heterocycles. The van der Waals surface area contributed by atoms with Crippen LogP contribution in [0.5, 0.6) is 5.75 Å². The second-order valence-electron chi connectivity index (χ2n) is 7.71. The molecule has 1 unspecified atom stereocenters. The molecular formula is C26H21N3O3. The normalized spacial score (nSPS) is 16.8. The number of benzene rings is 2. The van der Waals surface area contributed by atoms with Crippen LogP contribution >= 0.6 is 0 Å². The fraction of sp³-hybridized carbons (Fsp3) is 0.115. The fourth-order valence-corrected chi connectivity index (χ4v) is 3.81. The van der Waals surface area contributed by atoms with Gasteiger partial charge in [0, 0.05) is 23.7 Å². The SMILES string of the molecule is Cc1ccc(C(=O)NCC2=CC3Oc4ccccc4C(=O)C3=CN2c2ccccn2)cc1. The summed E-state index contributed by atoms with van der Waals surface area (Å²) in [5.41, 5.74) is 3.52. The minimum atomic E-state index is -0.524. The van der Waals surface area contributed by atoms with E-state index in [0.29, 0.717) is 28.3 Å². The highest BCUT2D eigenvalue weighted by Gasteiger charge is 2.35. The van der Waals surface area contributed by atoms with Crippen molar-refractivity contribution in [1.82, 2.24) is 10.3 Å². The van der Waals surface area contributed by atoms with Crippen molar-refractivity contribution in [2.45, 2.75) is 13.0 Å². The van der Waals surface area contributed by atoms with E-state index in [-0.39, 0.29) is 18.2 Å². The summed E-state index contributed by atoms with van der Waals surface area (Å²) in [5, 5.41) is 2.97. The number of nitrogens with one attached hydrogen (secondary N) is 1. The Hall–Kier alpha value is -4.19. The van der Waals surface area contributed by atoms with Gasteiger partial charge >= 0.3 is 0 Å². The largest absolute Gasteiger partial charge is 0.481 e. The second kappa shape index (κ2) is 8.15. The molecule has 0 spiro atoms. The van der Waals surface area contributed by atoms with Crippen molar-refractivity contribution in [2.24, 2.45) is 0 Å². The number of nitrogens with zero attached hydrogens (tertiary/aromatic N) is 2. The molecule has 0 fully saturated rings. The Morgan fingerprint density at radius 2 is 1.84 bits per heavy atom. The minimum Gasteiger partial charge on any atom is -0.481 e. The second-order valence-corrected chi connectivity index (χ2v) is 7.71. The van der Waals surface area contributed by atoms with E-state index in [1.807, 2.05) is 60.4 Å². The topological polar surface area (TPSA) is 71.5 Å². The molecule has 1 aromatic heterocycles. The molecule has 1 N–H and O–H groups in total. The van der Waals surface area contributed by atoms with Crippen LogP contribution in [0, 0.1) is 6.92 Å². The van der Waals surface area contributed by atoms with Crippen molar-refractivity contribution in [3.63, 3.8) is 0 Å². The number of anilines is 1. The number of carbonyl (C=O) groups excluding carboxylic acids is 2. The molecule has 1 amide bonds. The van der Waals surface area contributed by atoms with Gasteiger partial charge in [0.25, 0.3) is 5.91 Å². The summed E-state index contributed by atoms with van der Waals surface area (Å²) in [4.78, 5) is 32.0. The Labute approximate surface area is 185 Å². The summed E-state index contributed by atoms with van der Waals surface area (Å²) in [6.07, 6.45) is 4.80. The lowest BCUT2D eigenvalue weighted by atomic mass is 9.93. The maximum absolute atomic E-state index is 13.1. The molecule has 2 aromatic carbocycles. The molecule has 158 valence electrons. The summed E-state index contributed by atoms with van der Waals surface area (Å²) in [6.45, 7) is 2.23. The third kappa shape index (κ3) is 3.67. The summed E-state index contributed by atoms with van der Waals surface area (Å²) in [7, 11) is 0. The molecule has 2 aliphatic rings. The Morgan fingerprint density at radius 3 is 2.62 bits per heavy atom. The third-order valence-corrected chi connectivity index (χ3v) is 5.52. The number of hydrogen-bond acceptors (Lipinski definition) is 5. The van der Waals surface area contributed by atoms with Gasteiger partial charge in [-0.3, -0.25) is 9.59 Å². The molecule has 6 nitrogen and oxygen atoms in total. The number of pyridine rings is 1. The van der Waals surface area contributed by atoms with E-state index in [0.717, 1.165) is 11.3 Å². The highest BCUT2D eigenvalue weighted by Crippen LogP contribution is 2.35. The molecule has 5 rings (SSSR count). The van der Waals surface area contributed by atoms with Gasteiger partial charge in [-0.05, 0) is 49.4 Å². The van der Waals surface area contributed by atoms with Crippen molar-refractivity contribution in [1.29, 1.82) is 0 Å².